The number of benzene rings is 1. The molecule has 1 heterocycles. The number of aromatic nitrogens is 1. The normalized spacial score (nSPS) is 11.7. The molecular weight excluding hydrogens is 278 g/mol. The van der Waals surface area contributed by atoms with Gasteiger partial charge >= 0.3 is 6.09 Å². The fourth-order valence-electron chi connectivity index (χ4n) is 2.01. The van der Waals surface area contributed by atoms with E-state index in [1.165, 1.54) is 11.5 Å². The largest absolute Gasteiger partial charge is 0.443 e. The molecular formula is C15H16ClNO3. The van der Waals surface area contributed by atoms with Crippen LogP contribution in [0.4, 0.5) is 4.79 Å². The van der Waals surface area contributed by atoms with E-state index in [9.17, 15) is 9.59 Å². The van der Waals surface area contributed by atoms with E-state index in [0.29, 0.717) is 10.9 Å². The number of nitrogens with zero attached hydrogens (tertiary/aromatic N) is 1. The van der Waals surface area contributed by atoms with Crippen molar-refractivity contribution < 1.29 is 14.3 Å². The van der Waals surface area contributed by atoms with Gasteiger partial charge in [-0.05, 0) is 26.8 Å². The second kappa shape index (κ2) is 4.94. The lowest BCUT2D eigenvalue weighted by atomic mass is 10.2. The van der Waals surface area contributed by atoms with Gasteiger partial charge in [0.05, 0.1) is 10.5 Å². The Balaban J connectivity index is 2.70. The predicted molar refractivity (Wildman–Crippen MR) is 78.6 cm³/mol. The molecule has 1 aromatic carbocycles. The van der Waals surface area contributed by atoms with Crippen molar-refractivity contribution >= 4 is 34.4 Å². The number of Topliss-reactive ketones (excluding diaryl/α,β-unsaturated/α-hetero) is 1. The topological polar surface area (TPSA) is 48.3 Å². The number of para-hydroxylation sites is 1. The zero-order chi connectivity index (χ0) is 15.1. The molecule has 0 saturated heterocycles. The molecule has 1 aromatic heterocycles. The summed E-state index contributed by atoms with van der Waals surface area (Å²) >= 11 is 6.22. The van der Waals surface area contributed by atoms with Crippen LogP contribution in [0.5, 0.6) is 0 Å². The van der Waals surface area contributed by atoms with Gasteiger partial charge in [-0.25, -0.2) is 9.36 Å². The molecule has 0 aliphatic rings. The van der Waals surface area contributed by atoms with Gasteiger partial charge in [0, 0.05) is 12.3 Å². The zero-order valence-corrected chi connectivity index (χ0v) is 12.6. The van der Waals surface area contributed by atoms with E-state index in [4.69, 9.17) is 16.3 Å². The lowest BCUT2D eigenvalue weighted by Crippen LogP contribution is -2.28. The van der Waals surface area contributed by atoms with E-state index in [1.54, 1.807) is 45.0 Å². The standard InChI is InChI=1S/C15H16ClNO3/c1-9(18)13-12(16)10-7-5-6-8-11(10)17(13)14(19)20-15(2,3)4/h5-8H,1-4H3. The first-order chi connectivity index (χ1) is 9.22. The van der Waals surface area contributed by atoms with Crippen LogP contribution in [0, 0.1) is 0 Å². The third kappa shape index (κ3) is 2.56. The molecule has 4 nitrogen and oxygen atoms in total. The van der Waals surface area contributed by atoms with Gasteiger partial charge in [0.1, 0.15) is 11.3 Å². The van der Waals surface area contributed by atoms with Crippen molar-refractivity contribution in [3.05, 3.63) is 35.0 Å². The lowest BCUT2D eigenvalue weighted by Gasteiger charge is -2.20. The number of ketones is 1. The quantitative estimate of drug-likeness (QED) is 0.737. The molecule has 0 bridgehead atoms. The van der Waals surface area contributed by atoms with Crippen molar-refractivity contribution in [3.8, 4) is 0 Å². The summed E-state index contributed by atoms with van der Waals surface area (Å²) in [4.78, 5) is 24.2. The maximum absolute atomic E-state index is 12.3. The van der Waals surface area contributed by atoms with Gasteiger partial charge in [0.25, 0.3) is 0 Å². The fraction of sp³-hybridized carbons (Fsp3) is 0.333. The molecule has 0 unspecified atom stereocenters. The van der Waals surface area contributed by atoms with Gasteiger partial charge in [-0.15, -0.1) is 0 Å². The number of rotatable bonds is 1. The summed E-state index contributed by atoms with van der Waals surface area (Å²) in [5, 5.41) is 0.934. The maximum atomic E-state index is 12.3. The number of carbonyl (C=O) groups is 2. The van der Waals surface area contributed by atoms with E-state index in [0.717, 1.165) is 0 Å². The van der Waals surface area contributed by atoms with Crippen molar-refractivity contribution in [2.45, 2.75) is 33.3 Å². The number of carbonyl (C=O) groups excluding carboxylic acids is 2. The second-order valence-electron chi connectivity index (χ2n) is 5.55. The first-order valence-electron chi connectivity index (χ1n) is 6.25. The average molecular weight is 294 g/mol. The van der Waals surface area contributed by atoms with Gasteiger partial charge in [0.15, 0.2) is 5.78 Å². The summed E-state index contributed by atoms with van der Waals surface area (Å²) in [6, 6.07) is 7.09. The van der Waals surface area contributed by atoms with Crippen molar-refractivity contribution in [2.75, 3.05) is 0 Å². The first-order valence-corrected chi connectivity index (χ1v) is 6.63. The Labute approximate surface area is 122 Å². The Bertz CT molecular complexity index is 695. The van der Waals surface area contributed by atoms with Gasteiger partial charge in [-0.2, -0.15) is 0 Å². The van der Waals surface area contributed by atoms with Crippen LogP contribution in [0.1, 0.15) is 38.2 Å². The smallest absolute Gasteiger partial charge is 0.419 e. The minimum Gasteiger partial charge on any atom is -0.443 e. The highest BCUT2D eigenvalue weighted by molar-refractivity contribution is 6.39. The van der Waals surface area contributed by atoms with Gasteiger partial charge < -0.3 is 4.74 Å². The van der Waals surface area contributed by atoms with E-state index in [2.05, 4.69) is 0 Å². The highest BCUT2D eigenvalue weighted by atomic mass is 35.5. The summed E-state index contributed by atoms with van der Waals surface area (Å²) in [5.74, 6) is -0.281. The molecule has 0 aliphatic carbocycles. The molecule has 0 radical (unpaired) electrons. The molecule has 2 rings (SSSR count). The summed E-state index contributed by atoms with van der Waals surface area (Å²) in [5.41, 5.74) is 0.0715. The highest BCUT2D eigenvalue weighted by Gasteiger charge is 2.26. The molecule has 0 spiro atoms. The monoisotopic (exact) mass is 293 g/mol. The van der Waals surface area contributed by atoms with Crippen LogP contribution >= 0.6 is 11.6 Å². The van der Waals surface area contributed by atoms with Crippen LogP contribution in [-0.2, 0) is 4.74 Å². The van der Waals surface area contributed by atoms with E-state index < -0.39 is 11.7 Å². The average Bonchev–Trinajstić information content (AvgIpc) is 2.61. The lowest BCUT2D eigenvalue weighted by molar-refractivity contribution is 0.0536. The van der Waals surface area contributed by atoms with Crippen molar-refractivity contribution in [2.24, 2.45) is 0 Å². The Morgan fingerprint density at radius 3 is 2.35 bits per heavy atom. The molecule has 106 valence electrons. The van der Waals surface area contributed by atoms with Crippen molar-refractivity contribution in [1.82, 2.24) is 4.57 Å². The number of fused-ring (bicyclic) bond motifs is 1. The molecule has 0 amide bonds. The van der Waals surface area contributed by atoms with Crippen LogP contribution in [0.15, 0.2) is 24.3 Å². The minimum atomic E-state index is -0.650. The summed E-state index contributed by atoms with van der Waals surface area (Å²) < 4.78 is 6.59. The van der Waals surface area contributed by atoms with Gasteiger partial charge in [0.2, 0.25) is 0 Å². The van der Waals surface area contributed by atoms with E-state index in [-0.39, 0.29) is 16.5 Å². The predicted octanol–water partition coefficient (Wildman–Crippen LogP) is 4.28. The third-order valence-electron chi connectivity index (χ3n) is 2.72. The van der Waals surface area contributed by atoms with Crippen molar-refractivity contribution in [1.29, 1.82) is 0 Å². The Morgan fingerprint density at radius 1 is 1.20 bits per heavy atom. The molecule has 5 heteroatoms. The van der Waals surface area contributed by atoms with Crippen LogP contribution in [0.3, 0.4) is 0 Å². The number of ether oxygens (including phenoxy) is 1. The number of hydrogen-bond donors (Lipinski definition) is 0. The third-order valence-corrected chi connectivity index (χ3v) is 3.11. The molecule has 0 atom stereocenters. The Morgan fingerprint density at radius 2 is 1.80 bits per heavy atom. The summed E-state index contributed by atoms with van der Waals surface area (Å²) in [6.45, 7) is 6.68. The van der Waals surface area contributed by atoms with E-state index in [1.807, 2.05) is 0 Å². The Hall–Kier alpha value is -1.81. The molecule has 0 N–H and O–H groups in total. The fourth-order valence-corrected chi connectivity index (χ4v) is 2.39. The zero-order valence-electron chi connectivity index (χ0n) is 11.9. The maximum Gasteiger partial charge on any atom is 0.419 e. The summed E-state index contributed by atoms with van der Waals surface area (Å²) in [7, 11) is 0. The van der Waals surface area contributed by atoms with Gasteiger partial charge in [-0.3, -0.25) is 4.79 Å². The Kier molecular flexibility index (Phi) is 3.61. The van der Waals surface area contributed by atoms with Crippen LogP contribution in [-0.4, -0.2) is 22.0 Å². The first kappa shape index (κ1) is 14.6. The van der Waals surface area contributed by atoms with Crippen LogP contribution in [0.2, 0.25) is 5.02 Å². The van der Waals surface area contributed by atoms with E-state index >= 15 is 0 Å². The molecule has 2 aromatic rings. The van der Waals surface area contributed by atoms with Crippen molar-refractivity contribution in [3.63, 3.8) is 0 Å². The second-order valence-corrected chi connectivity index (χ2v) is 5.93. The minimum absolute atomic E-state index is 0.155. The molecule has 20 heavy (non-hydrogen) atoms. The van der Waals surface area contributed by atoms with Crippen LogP contribution in [0.25, 0.3) is 10.9 Å². The van der Waals surface area contributed by atoms with Crippen LogP contribution < -0.4 is 0 Å². The SMILES string of the molecule is CC(=O)c1c(Cl)c2ccccc2n1C(=O)OC(C)(C)C. The molecule has 0 saturated carbocycles. The molecule has 0 fully saturated rings. The highest BCUT2D eigenvalue weighted by Crippen LogP contribution is 2.31. The number of halogens is 1. The van der Waals surface area contributed by atoms with Gasteiger partial charge in [-0.1, -0.05) is 29.8 Å². The number of hydrogen-bond acceptors (Lipinski definition) is 3. The molecule has 0 aliphatic heterocycles. The summed E-state index contributed by atoms with van der Waals surface area (Å²) in [6.07, 6.45) is -0.606.